The first-order valence-corrected chi connectivity index (χ1v) is 11.7. The summed E-state index contributed by atoms with van der Waals surface area (Å²) in [5.74, 6) is 0.993. The van der Waals surface area contributed by atoms with Gasteiger partial charge in [-0.15, -0.1) is 0 Å². The molecule has 0 spiro atoms. The molecule has 1 aliphatic heterocycles. The average molecular weight is 513 g/mol. The number of ether oxygens (including phenoxy) is 2. The second-order valence-electron chi connectivity index (χ2n) is 8.60. The second-order valence-corrected chi connectivity index (χ2v) is 9.44. The molecule has 4 rings (SSSR count). The van der Waals surface area contributed by atoms with E-state index in [-0.39, 0.29) is 18.4 Å². The molecule has 182 valence electrons. The van der Waals surface area contributed by atoms with Crippen molar-refractivity contribution in [2.24, 2.45) is 0 Å². The summed E-state index contributed by atoms with van der Waals surface area (Å²) in [7, 11) is 4.85. The first kappa shape index (κ1) is 24.9. The van der Waals surface area contributed by atoms with Crippen LogP contribution in [0.1, 0.15) is 30.5 Å². The summed E-state index contributed by atoms with van der Waals surface area (Å²) in [4.78, 5) is 29.4. The fourth-order valence-electron chi connectivity index (χ4n) is 4.50. The number of benzene rings is 3. The second kappa shape index (κ2) is 9.44. The Labute approximate surface area is 215 Å². The summed E-state index contributed by atoms with van der Waals surface area (Å²) in [6, 6.07) is 16.2. The van der Waals surface area contributed by atoms with Crippen molar-refractivity contribution < 1.29 is 19.1 Å². The summed E-state index contributed by atoms with van der Waals surface area (Å²) < 4.78 is 10.9. The molecule has 0 radical (unpaired) electrons. The van der Waals surface area contributed by atoms with Gasteiger partial charge < -0.3 is 19.3 Å². The highest BCUT2D eigenvalue weighted by atomic mass is 35.5. The van der Waals surface area contributed by atoms with Crippen LogP contribution in [0.5, 0.6) is 11.5 Å². The molecule has 2 amide bonds. The molecule has 1 heterocycles. The van der Waals surface area contributed by atoms with Gasteiger partial charge in [0.15, 0.2) is 0 Å². The minimum Gasteiger partial charge on any atom is -0.497 e. The molecule has 8 heteroatoms. The van der Waals surface area contributed by atoms with Gasteiger partial charge in [0, 0.05) is 47.0 Å². The lowest BCUT2D eigenvalue weighted by molar-refractivity contribution is -0.121. The van der Waals surface area contributed by atoms with Crippen LogP contribution in [0.15, 0.2) is 54.6 Å². The predicted octanol–water partition coefficient (Wildman–Crippen LogP) is 5.85. The number of fused-ring (bicyclic) bond motifs is 1. The maximum atomic E-state index is 14.2. The monoisotopic (exact) mass is 512 g/mol. The van der Waals surface area contributed by atoms with E-state index in [1.54, 1.807) is 62.6 Å². The number of amides is 2. The number of carbonyl (C=O) groups excluding carboxylic acids is 2. The van der Waals surface area contributed by atoms with E-state index in [0.717, 1.165) is 16.8 Å². The molecule has 0 aliphatic carbocycles. The topological polar surface area (TPSA) is 59.1 Å². The van der Waals surface area contributed by atoms with E-state index in [9.17, 15) is 9.59 Å². The summed E-state index contributed by atoms with van der Waals surface area (Å²) in [6.07, 6.45) is 0. The Balaban J connectivity index is 1.86. The van der Waals surface area contributed by atoms with Crippen molar-refractivity contribution in [1.82, 2.24) is 0 Å². The molecule has 6 nitrogen and oxygen atoms in total. The number of halogens is 2. The number of anilines is 2. The summed E-state index contributed by atoms with van der Waals surface area (Å²) >= 11 is 13.1. The van der Waals surface area contributed by atoms with Crippen molar-refractivity contribution in [3.05, 3.63) is 81.3 Å². The largest absolute Gasteiger partial charge is 0.497 e. The summed E-state index contributed by atoms with van der Waals surface area (Å²) in [6.45, 7) is 3.60. The Morgan fingerprint density at radius 1 is 1.00 bits per heavy atom. The van der Waals surface area contributed by atoms with Crippen molar-refractivity contribution in [3.63, 3.8) is 0 Å². The molecular formula is C27H26Cl2N2O4. The molecule has 3 aromatic rings. The Kier molecular flexibility index (Phi) is 6.71. The highest BCUT2D eigenvalue weighted by Crippen LogP contribution is 2.50. The van der Waals surface area contributed by atoms with E-state index in [0.29, 0.717) is 32.8 Å². The normalized spacial score (nSPS) is 16.8. The molecule has 3 aromatic carbocycles. The zero-order chi connectivity index (χ0) is 25.5. The van der Waals surface area contributed by atoms with Gasteiger partial charge in [-0.25, -0.2) is 0 Å². The predicted molar refractivity (Wildman–Crippen MR) is 139 cm³/mol. The highest BCUT2D eigenvalue weighted by Gasteiger charge is 2.50. The van der Waals surface area contributed by atoms with Crippen molar-refractivity contribution >= 4 is 46.4 Å². The molecule has 1 unspecified atom stereocenters. The molecule has 0 fully saturated rings. The summed E-state index contributed by atoms with van der Waals surface area (Å²) in [5.41, 5.74) is 2.42. The number of hydrogen-bond acceptors (Lipinski definition) is 4. The maximum absolute atomic E-state index is 14.2. The number of rotatable bonds is 6. The number of hydrogen-bond donors (Lipinski definition) is 0. The SMILES string of the molecule is COc1ccc(CN2C(=O)C(C)(c3cc(N(C)C(C)=O)ccc3Cl)c3cc(Cl)ccc32)c(OC)c1. The number of methoxy groups -OCH3 is 2. The standard InChI is InChI=1S/C27H26Cl2N2O4/c1-16(32)30(3)19-8-10-23(29)21(13-19)27(2)22-12-18(28)7-11-24(22)31(26(27)33)15-17-6-9-20(34-4)14-25(17)35-5/h6-14H,15H2,1-5H3. The van der Waals surface area contributed by atoms with Crippen molar-refractivity contribution in [3.8, 4) is 11.5 Å². The van der Waals surface area contributed by atoms with E-state index in [2.05, 4.69) is 0 Å². The van der Waals surface area contributed by atoms with Crippen molar-refractivity contribution in [2.75, 3.05) is 31.1 Å². The molecule has 1 atom stereocenters. The first-order chi connectivity index (χ1) is 16.6. The van der Waals surface area contributed by atoms with Crippen LogP contribution < -0.4 is 19.3 Å². The zero-order valence-corrected chi connectivity index (χ0v) is 21.7. The van der Waals surface area contributed by atoms with Gasteiger partial charge in [-0.3, -0.25) is 9.59 Å². The molecule has 1 aliphatic rings. The molecule has 0 aromatic heterocycles. The third kappa shape index (κ3) is 4.21. The lowest BCUT2D eigenvalue weighted by Crippen LogP contribution is -2.39. The Morgan fingerprint density at radius 2 is 1.74 bits per heavy atom. The smallest absolute Gasteiger partial charge is 0.242 e. The van der Waals surface area contributed by atoms with Crippen LogP contribution in [0, 0.1) is 0 Å². The molecular weight excluding hydrogens is 487 g/mol. The fourth-order valence-corrected chi connectivity index (χ4v) is 4.97. The van der Waals surface area contributed by atoms with Gasteiger partial charge >= 0.3 is 0 Å². The van der Waals surface area contributed by atoms with Crippen molar-refractivity contribution in [1.29, 1.82) is 0 Å². The molecule has 0 N–H and O–H groups in total. The van der Waals surface area contributed by atoms with Gasteiger partial charge in [0.25, 0.3) is 0 Å². The van der Waals surface area contributed by atoms with Crippen LogP contribution in [0.3, 0.4) is 0 Å². The lowest BCUT2D eigenvalue weighted by atomic mass is 9.77. The van der Waals surface area contributed by atoms with Gasteiger partial charge in [0.1, 0.15) is 16.9 Å². The van der Waals surface area contributed by atoms with Crippen LogP contribution in [0.4, 0.5) is 11.4 Å². The van der Waals surface area contributed by atoms with Gasteiger partial charge in [-0.2, -0.15) is 0 Å². The third-order valence-electron chi connectivity index (χ3n) is 6.63. The van der Waals surface area contributed by atoms with Crippen LogP contribution in [-0.2, 0) is 21.5 Å². The number of nitrogens with zero attached hydrogens (tertiary/aromatic N) is 2. The van der Waals surface area contributed by atoms with E-state index in [4.69, 9.17) is 32.7 Å². The van der Waals surface area contributed by atoms with Crippen LogP contribution in [0.2, 0.25) is 10.0 Å². The van der Waals surface area contributed by atoms with Crippen LogP contribution in [-0.4, -0.2) is 33.1 Å². The Bertz CT molecular complexity index is 1330. The Morgan fingerprint density at radius 3 is 2.40 bits per heavy atom. The van der Waals surface area contributed by atoms with E-state index < -0.39 is 5.41 Å². The minimum atomic E-state index is -1.12. The zero-order valence-electron chi connectivity index (χ0n) is 20.2. The third-order valence-corrected chi connectivity index (χ3v) is 7.20. The summed E-state index contributed by atoms with van der Waals surface area (Å²) in [5, 5.41) is 0.941. The van der Waals surface area contributed by atoms with E-state index in [1.165, 1.54) is 11.8 Å². The van der Waals surface area contributed by atoms with Gasteiger partial charge in [-0.1, -0.05) is 23.2 Å². The maximum Gasteiger partial charge on any atom is 0.242 e. The lowest BCUT2D eigenvalue weighted by Gasteiger charge is -2.28. The molecule has 0 saturated carbocycles. The molecule has 0 bridgehead atoms. The molecule has 0 saturated heterocycles. The van der Waals surface area contributed by atoms with Crippen LogP contribution in [0.25, 0.3) is 0 Å². The Hall–Kier alpha value is -3.22. The van der Waals surface area contributed by atoms with Gasteiger partial charge in [0.05, 0.1) is 20.8 Å². The fraction of sp³-hybridized carbons (Fsp3) is 0.259. The molecule has 35 heavy (non-hydrogen) atoms. The first-order valence-electron chi connectivity index (χ1n) is 11.0. The van der Waals surface area contributed by atoms with Gasteiger partial charge in [0.2, 0.25) is 11.8 Å². The minimum absolute atomic E-state index is 0.127. The van der Waals surface area contributed by atoms with Crippen molar-refractivity contribution in [2.45, 2.75) is 25.8 Å². The van der Waals surface area contributed by atoms with Crippen LogP contribution >= 0.6 is 23.2 Å². The van der Waals surface area contributed by atoms with Gasteiger partial charge in [-0.05, 0) is 66.6 Å². The highest BCUT2D eigenvalue weighted by molar-refractivity contribution is 6.33. The quantitative estimate of drug-likeness (QED) is 0.415. The van der Waals surface area contributed by atoms with E-state index >= 15 is 0 Å². The average Bonchev–Trinajstić information content (AvgIpc) is 3.05. The van der Waals surface area contributed by atoms with E-state index in [1.807, 2.05) is 25.1 Å². The number of carbonyl (C=O) groups is 2.